The Morgan fingerprint density at radius 1 is 1.00 bits per heavy atom. The highest BCUT2D eigenvalue weighted by Crippen LogP contribution is 2.32. The highest BCUT2D eigenvalue weighted by molar-refractivity contribution is 5.94. The summed E-state index contributed by atoms with van der Waals surface area (Å²) in [7, 11) is 0. The van der Waals surface area contributed by atoms with Gasteiger partial charge in [-0.05, 0) is 24.4 Å². The molecule has 0 fully saturated rings. The van der Waals surface area contributed by atoms with Gasteiger partial charge in [-0.1, -0.05) is 35.9 Å². The number of hydrogen-bond donors (Lipinski definition) is 0. The molecule has 0 atom stereocenters. The average molecular weight is 232 g/mol. The van der Waals surface area contributed by atoms with E-state index < -0.39 is 0 Å². The Morgan fingerprint density at radius 3 is 2.83 bits per heavy atom. The highest BCUT2D eigenvalue weighted by Gasteiger charge is 2.27. The zero-order valence-electron chi connectivity index (χ0n) is 10.4. The number of nitrogens with zero attached hydrogens (tertiary/aromatic N) is 1. The largest absolute Gasteiger partial charge is 0.221 e. The fourth-order valence-corrected chi connectivity index (χ4v) is 2.92. The van der Waals surface area contributed by atoms with Gasteiger partial charge in [-0.3, -0.25) is 0 Å². The average Bonchev–Trinajstić information content (AvgIpc) is 2.77. The van der Waals surface area contributed by atoms with Crippen LogP contribution in [0.15, 0.2) is 54.7 Å². The van der Waals surface area contributed by atoms with Gasteiger partial charge in [-0.15, -0.1) is 0 Å². The molecule has 0 radical (unpaired) electrons. The van der Waals surface area contributed by atoms with Crippen LogP contribution in [-0.2, 0) is 6.54 Å². The lowest BCUT2D eigenvalue weighted by Crippen LogP contribution is -2.31. The van der Waals surface area contributed by atoms with E-state index in [2.05, 4.69) is 66.2 Å². The summed E-state index contributed by atoms with van der Waals surface area (Å²) in [6.45, 7) is 3.16. The van der Waals surface area contributed by atoms with E-state index in [1.54, 1.807) is 0 Å². The molecular formula is C17H14N+. The van der Waals surface area contributed by atoms with Crippen LogP contribution in [0, 0.1) is 6.92 Å². The van der Waals surface area contributed by atoms with Gasteiger partial charge >= 0.3 is 0 Å². The quantitative estimate of drug-likeness (QED) is 0.409. The maximum atomic E-state index is 2.35. The Hall–Kier alpha value is -2.15. The lowest BCUT2D eigenvalue weighted by molar-refractivity contribution is -0.671. The Kier molecular flexibility index (Phi) is 1.87. The minimum absolute atomic E-state index is 0.996. The number of aromatic nitrogens is 1. The molecule has 0 aliphatic carbocycles. The van der Waals surface area contributed by atoms with Gasteiger partial charge in [0.2, 0.25) is 5.69 Å². The third-order valence-corrected chi connectivity index (χ3v) is 3.80. The normalized spacial score (nSPS) is 12.5. The SMILES string of the molecule is Cc1ccc2c(c1)-c1c3ccccc3cc[n+]1C2. The predicted molar refractivity (Wildman–Crippen MR) is 73.4 cm³/mol. The fraction of sp³-hybridized carbons (Fsp3) is 0.118. The molecule has 0 saturated heterocycles. The van der Waals surface area contributed by atoms with Gasteiger partial charge in [0.25, 0.3) is 0 Å². The molecule has 1 aromatic heterocycles. The van der Waals surface area contributed by atoms with E-state index in [1.165, 1.54) is 33.2 Å². The number of aryl methyl sites for hydroxylation is 1. The Balaban J connectivity index is 2.14. The molecule has 86 valence electrons. The second-order valence-electron chi connectivity index (χ2n) is 5.04. The van der Waals surface area contributed by atoms with Crippen molar-refractivity contribution in [2.45, 2.75) is 13.5 Å². The lowest BCUT2D eigenvalue weighted by Gasteiger charge is -2.01. The van der Waals surface area contributed by atoms with Crippen LogP contribution in [0.4, 0.5) is 0 Å². The molecule has 0 unspecified atom stereocenters. The molecule has 1 aliphatic heterocycles. The summed E-state index contributed by atoms with van der Waals surface area (Å²) >= 11 is 0. The molecule has 4 rings (SSSR count). The summed E-state index contributed by atoms with van der Waals surface area (Å²) in [6.07, 6.45) is 2.20. The summed E-state index contributed by atoms with van der Waals surface area (Å²) in [4.78, 5) is 0. The van der Waals surface area contributed by atoms with Crippen molar-refractivity contribution < 1.29 is 4.57 Å². The van der Waals surface area contributed by atoms with Gasteiger partial charge in [-0.25, -0.2) is 0 Å². The van der Waals surface area contributed by atoms with E-state index >= 15 is 0 Å². The van der Waals surface area contributed by atoms with Crippen LogP contribution in [0.2, 0.25) is 0 Å². The molecule has 2 heterocycles. The summed E-state index contributed by atoms with van der Waals surface area (Å²) in [5, 5.41) is 2.67. The summed E-state index contributed by atoms with van der Waals surface area (Å²) < 4.78 is 2.35. The predicted octanol–water partition coefficient (Wildman–Crippen LogP) is 3.46. The molecule has 2 aromatic carbocycles. The molecular weight excluding hydrogens is 218 g/mol. The maximum absolute atomic E-state index is 2.35. The van der Waals surface area contributed by atoms with Crippen molar-refractivity contribution in [2.24, 2.45) is 0 Å². The number of hydrogen-bond acceptors (Lipinski definition) is 0. The Morgan fingerprint density at radius 2 is 1.89 bits per heavy atom. The first-order valence-corrected chi connectivity index (χ1v) is 6.34. The molecule has 0 N–H and O–H groups in total. The smallest absolute Gasteiger partial charge is 0.193 e. The van der Waals surface area contributed by atoms with Crippen molar-refractivity contribution in [1.29, 1.82) is 0 Å². The Labute approximate surface area is 106 Å². The van der Waals surface area contributed by atoms with Gasteiger partial charge in [-0.2, -0.15) is 4.57 Å². The zero-order chi connectivity index (χ0) is 12.1. The molecule has 0 spiro atoms. The second-order valence-corrected chi connectivity index (χ2v) is 5.04. The molecule has 18 heavy (non-hydrogen) atoms. The van der Waals surface area contributed by atoms with Crippen LogP contribution in [-0.4, -0.2) is 0 Å². The summed E-state index contributed by atoms with van der Waals surface area (Å²) in [5.74, 6) is 0. The van der Waals surface area contributed by atoms with E-state index in [4.69, 9.17) is 0 Å². The molecule has 0 amide bonds. The number of rotatable bonds is 0. The van der Waals surface area contributed by atoms with Crippen LogP contribution in [0.5, 0.6) is 0 Å². The maximum Gasteiger partial charge on any atom is 0.221 e. The van der Waals surface area contributed by atoms with E-state index in [9.17, 15) is 0 Å². The van der Waals surface area contributed by atoms with Crippen molar-refractivity contribution in [2.75, 3.05) is 0 Å². The van der Waals surface area contributed by atoms with Crippen LogP contribution >= 0.6 is 0 Å². The van der Waals surface area contributed by atoms with Gasteiger partial charge in [0.1, 0.15) is 0 Å². The van der Waals surface area contributed by atoms with Crippen LogP contribution < -0.4 is 4.57 Å². The molecule has 1 nitrogen and oxygen atoms in total. The van der Waals surface area contributed by atoms with Crippen LogP contribution in [0.1, 0.15) is 11.1 Å². The van der Waals surface area contributed by atoms with Gasteiger partial charge in [0, 0.05) is 11.6 Å². The second kappa shape index (κ2) is 3.42. The first kappa shape index (κ1) is 9.84. The summed E-state index contributed by atoms with van der Waals surface area (Å²) in [6, 6.07) is 17.6. The van der Waals surface area contributed by atoms with Crippen molar-refractivity contribution in [3.63, 3.8) is 0 Å². The third kappa shape index (κ3) is 1.25. The summed E-state index contributed by atoms with van der Waals surface area (Å²) in [5.41, 5.74) is 5.52. The molecule has 0 bridgehead atoms. The van der Waals surface area contributed by atoms with Gasteiger partial charge in [0.15, 0.2) is 12.7 Å². The zero-order valence-corrected chi connectivity index (χ0v) is 10.4. The number of fused-ring (bicyclic) bond motifs is 5. The van der Waals surface area contributed by atoms with Crippen LogP contribution in [0.3, 0.4) is 0 Å². The minimum atomic E-state index is 0.996. The first-order chi connectivity index (χ1) is 8.83. The number of pyridine rings is 1. The van der Waals surface area contributed by atoms with E-state index in [-0.39, 0.29) is 0 Å². The van der Waals surface area contributed by atoms with Crippen molar-refractivity contribution >= 4 is 10.8 Å². The third-order valence-electron chi connectivity index (χ3n) is 3.80. The van der Waals surface area contributed by atoms with Crippen molar-refractivity contribution in [1.82, 2.24) is 0 Å². The van der Waals surface area contributed by atoms with Crippen LogP contribution in [0.25, 0.3) is 22.0 Å². The fourth-order valence-electron chi connectivity index (χ4n) is 2.92. The molecule has 1 heteroatoms. The molecule has 1 aliphatic rings. The highest BCUT2D eigenvalue weighted by atomic mass is 15.0. The number of benzene rings is 2. The van der Waals surface area contributed by atoms with Gasteiger partial charge in [0.05, 0.1) is 10.9 Å². The van der Waals surface area contributed by atoms with Gasteiger partial charge < -0.3 is 0 Å². The minimum Gasteiger partial charge on any atom is -0.193 e. The monoisotopic (exact) mass is 232 g/mol. The van der Waals surface area contributed by atoms with Crippen molar-refractivity contribution in [3.8, 4) is 11.3 Å². The topological polar surface area (TPSA) is 3.88 Å². The molecule has 3 aromatic rings. The van der Waals surface area contributed by atoms with E-state index in [1.807, 2.05) is 0 Å². The lowest BCUT2D eigenvalue weighted by atomic mass is 10.0. The Bertz CT molecular complexity index is 772. The standard InChI is InChI=1S/C17H14N/c1-12-6-7-14-11-18-9-8-13-4-2-3-5-15(13)17(18)16(14)10-12/h2-10H,11H2,1H3/q+1. The van der Waals surface area contributed by atoms with E-state index in [0.29, 0.717) is 0 Å². The van der Waals surface area contributed by atoms with Crippen molar-refractivity contribution in [3.05, 3.63) is 65.9 Å². The first-order valence-electron chi connectivity index (χ1n) is 6.34. The van der Waals surface area contributed by atoms with E-state index in [0.717, 1.165) is 6.54 Å². The molecule has 0 saturated carbocycles.